The van der Waals surface area contributed by atoms with E-state index in [1.54, 1.807) is 18.3 Å². The monoisotopic (exact) mass is 454 g/mol. The number of nitrogens with zero attached hydrogens (tertiary/aromatic N) is 2. The molecule has 0 bridgehead atoms. The highest BCUT2D eigenvalue weighted by Gasteiger charge is 2.37. The number of H-pyrrole nitrogens is 1. The molecule has 0 radical (unpaired) electrons. The third kappa shape index (κ3) is 3.79. The van der Waals surface area contributed by atoms with E-state index in [-0.39, 0.29) is 12.2 Å². The fourth-order valence-corrected chi connectivity index (χ4v) is 4.38. The standard InChI is InChI=1S/C24H18F4N4O/c25-15-6-3-5-14(13-15)21-20-16(17-7-4-11-29-22(17)31-20)10-12-32(21)23(33)30-19-9-2-1-8-18(19)24(26,27)28/h1-9,11,13,21H,10,12H2,(H,29,31)(H,30,33). The summed E-state index contributed by atoms with van der Waals surface area (Å²) in [4.78, 5) is 22.2. The number of rotatable bonds is 2. The lowest BCUT2D eigenvalue weighted by atomic mass is 9.92. The van der Waals surface area contributed by atoms with Gasteiger partial charge >= 0.3 is 12.2 Å². The van der Waals surface area contributed by atoms with Crippen molar-refractivity contribution in [2.75, 3.05) is 11.9 Å². The van der Waals surface area contributed by atoms with Crippen LogP contribution in [0.5, 0.6) is 0 Å². The second-order valence-electron chi connectivity index (χ2n) is 7.79. The largest absolute Gasteiger partial charge is 0.418 e. The SMILES string of the molecule is O=C(Nc1ccccc1C(F)(F)F)N1CCc2c([nH]c3ncccc23)C1c1cccc(F)c1. The van der Waals surface area contributed by atoms with Gasteiger partial charge in [-0.2, -0.15) is 13.2 Å². The van der Waals surface area contributed by atoms with Gasteiger partial charge in [-0.15, -0.1) is 0 Å². The van der Waals surface area contributed by atoms with Gasteiger partial charge in [0, 0.05) is 23.8 Å². The summed E-state index contributed by atoms with van der Waals surface area (Å²) in [5, 5.41) is 3.31. The van der Waals surface area contributed by atoms with Gasteiger partial charge < -0.3 is 15.2 Å². The highest BCUT2D eigenvalue weighted by atomic mass is 19.4. The number of fused-ring (bicyclic) bond motifs is 3. The van der Waals surface area contributed by atoms with Crippen molar-refractivity contribution in [1.29, 1.82) is 0 Å². The molecule has 1 aliphatic heterocycles. The van der Waals surface area contributed by atoms with E-state index in [1.807, 2.05) is 6.07 Å². The summed E-state index contributed by atoms with van der Waals surface area (Å²) >= 11 is 0. The minimum Gasteiger partial charge on any atom is -0.341 e. The molecule has 0 spiro atoms. The van der Waals surface area contributed by atoms with E-state index in [9.17, 15) is 22.4 Å². The molecule has 2 amide bonds. The Morgan fingerprint density at radius 3 is 2.70 bits per heavy atom. The van der Waals surface area contributed by atoms with Crippen molar-refractivity contribution in [3.63, 3.8) is 0 Å². The molecule has 1 unspecified atom stereocenters. The predicted octanol–water partition coefficient (Wildman–Crippen LogP) is 5.90. The first kappa shape index (κ1) is 21.0. The number of benzene rings is 2. The fourth-order valence-electron chi connectivity index (χ4n) is 4.38. The van der Waals surface area contributed by atoms with Crippen LogP contribution in [0.4, 0.5) is 28.0 Å². The summed E-state index contributed by atoms with van der Waals surface area (Å²) in [6.45, 7) is 0.232. The maximum Gasteiger partial charge on any atom is 0.418 e. The molecular weight excluding hydrogens is 436 g/mol. The topological polar surface area (TPSA) is 61.0 Å². The van der Waals surface area contributed by atoms with Gasteiger partial charge in [0.1, 0.15) is 11.5 Å². The van der Waals surface area contributed by atoms with Gasteiger partial charge in [0.2, 0.25) is 0 Å². The molecule has 0 fully saturated rings. The van der Waals surface area contributed by atoms with Crippen LogP contribution < -0.4 is 5.32 Å². The molecule has 0 saturated heterocycles. The molecule has 3 heterocycles. The smallest absolute Gasteiger partial charge is 0.341 e. The lowest BCUT2D eigenvalue weighted by molar-refractivity contribution is -0.136. The summed E-state index contributed by atoms with van der Waals surface area (Å²) in [6, 6.07) is 12.9. The van der Waals surface area contributed by atoms with E-state index in [4.69, 9.17) is 0 Å². The lowest BCUT2D eigenvalue weighted by Gasteiger charge is -2.36. The Kier molecular flexibility index (Phi) is 5.03. The van der Waals surface area contributed by atoms with E-state index in [2.05, 4.69) is 15.3 Å². The van der Waals surface area contributed by atoms with E-state index in [1.165, 1.54) is 41.3 Å². The van der Waals surface area contributed by atoms with Crippen molar-refractivity contribution in [2.45, 2.75) is 18.6 Å². The van der Waals surface area contributed by atoms with Crippen molar-refractivity contribution in [2.24, 2.45) is 0 Å². The zero-order valence-corrected chi connectivity index (χ0v) is 17.2. The number of pyridine rings is 1. The number of carbonyl (C=O) groups excluding carboxylic acids is 1. The summed E-state index contributed by atoms with van der Waals surface area (Å²) in [5.41, 5.74) is 1.48. The zero-order chi connectivity index (χ0) is 23.2. The van der Waals surface area contributed by atoms with Gasteiger partial charge in [-0.3, -0.25) is 0 Å². The first-order valence-electron chi connectivity index (χ1n) is 10.3. The van der Waals surface area contributed by atoms with E-state index in [0.29, 0.717) is 23.3 Å². The normalized spacial score (nSPS) is 16.0. The van der Waals surface area contributed by atoms with Crippen LogP contribution in [0.3, 0.4) is 0 Å². The number of aromatic amines is 1. The second-order valence-corrected chi connectivity index (χ2v) is 7.79. The number of hydrogen-bond acceptors (Lipinski definition) is 2. The molecular formula is C24H18F4N4O. The first-order chi connectivity index (χ1) is 15.8. The van der Waals surface area contributed by atoms with Gasteiger partial charge in [-0.1, -0.05) is 24.3 Å². The average molecular weight is 454 g/mol. The van der Waals surface area contributed by atoms with Crippen LogP contribution in [0.15, 0.2) is 66.9 Å². The van der Waals surface area contributed by atoms with Crippen LogP contribution in [0, 0.1) is 5.82 Å². The molecule has 168 valence electrons. The van der Waals surface area contributed by atoms with Crippen LogP contribution in [0.1, 0.15) is 28.4 Å². The molecule has 4 aromatic rings. The van der Waals surface area contributed by atoms with Crippen molar-refractivity contribution < 1.29 is 22.4 Å². The molecule has 2 aromatic heterocycles. The number of alkyl halides is 3. The molecule has 5 nitrogen and oxygen atoms in total. The molecule has 1 atom stereocenters. The summed E-state index contributed by atoms with van der Waals surface area (Å²) in [6.07, 6.45) is -2.51. The summed E-state index contributed by atoms with van der Waals surface area (Å²) in [7, 11) is 0. The zero-order valence-electron chi connectivity index (χ0n) is 17.2. The number of amides is 2. The third-order valence-corrected chi connectivity index (χ3v) is 5.80. The Labute approximate surface area is 186 Å². The van der Waals surface area contributed by atoms with Crippen LogP contribution in [-0.4, -0.2) is 27.4 Å². The number of hydrogen-bond donors (Lipinski definition) is 2. The third-order valence-electron chi connectivity index (χ3n) is 5.80. The van der Waals surface area contributed by atoms with E-state index >= 15 is 0 Å². The van der Waals surface area contributed by atoms with Crippen molar-refractivity contribution in [3.05, 3.63) is 95.1 Å². The molecule has 33 heavy (non-hydrogen) atoms. The number of halogens is 4. The van der Waals surface area contributed by atoms with Crippen LogP contribution in [0.2, 0.25) is 0 Å². The number of para-hydroxylation sites is 1. The fraction of sp³-hybridized carbons (Fsp3) is 0.167. The number of anilines is 1. The van der Waals surface area contributed by atoms with Gasteiger partial charge in [0.25, 0.3) is 0 Å². The minimum atomic E-state index is -4.62. The van der Waals surface area contributed by atoms with Gasteiger partial charge in [-0.05, 0) is 53.9 Å². The second kappa shape index (κ2) is 7.91. The number of aromatic nitrogens is 2. The Morgan fingerprint density at radius 2 is 1.91 bits per heavy atom. The quantitative estimate of drug-likeness (QED) is 0.371. The van der Waals surface area contributed by atoms with Crippen LogP contribution >= 0.6 is 0 Å². The predicted molar refractivity (Wildman–Crippen MR) is 115 cm³/mol. The Morgan fingerprint density at radius 1 is 1.09 bits per heavy atom. The Hall–Kier alpha value is -3.88. The van der Waals surface area contributed by atoms with Crippen molar-refractivity contribution in [1.82, 2.24) is 14.9 Å². The van der Waals surface area contributed by atoms with E-state index < -0.39 is 29.6 Å². The summed E-state index contributed by atoms with van der Waals surface area (Å²) < 4.78 is 54.4. The minimum absolute atomic E-state index is 0.232. The highest BCUT2D eigenvalue weighted by Crippen LogP contribution is 2.39. The molecule has 0 aliphatic carbocycles. The number of urea groups is 1. The Balaban J connectivity index is 1.58. The van der Waals surface area contributed by atoms with Gasteiger partial charge in [-0.25, -0.2) is 14.2 Å². The van der Waals surface area contributed by atoms with Crippen molar-refractivity contribution >= 4 is 22.8 Å². The van der Waals surface area contributed by atoms with Crippen LogP contribution in [-0.2, 0) is 12.6 Å². The molecule has 2 N–H and O–H groups in total. The first-order valence-corrected chi connectivity index (χ1v) is 10.3. The van der Waals surface area contributed by atoms with Gasteiger partial charge in [0.05, 0.1) is 17.3 Å². The molecule has 5 rings (SSSR count). The Bertz CT molecular complexity index is 1350. The molecule has 2 aromatic carbocycles. The summed E-state index contributed by atoms with van der Waals surface area (Å²) in [5.74, 6) is -0.475. The lowest BCUT2D eigenvalue weighted by Crippen LogP contribution is -2.43. The maximum absolute atomic E-state index is 14.1. The maximum atomic E-state index is 14.1. The van der Waals surface area contributed by atoms with E-state index in [0.717, 1.165) is 17.0 Å². The average Bonchev–Trinajstić information content (AvgIpc) is 3.16. The number of carbonyl (C=O) groups is 1. The molecule has 0 saturated carbocycles. The van der Waals surface area contributed by atoms with Crippen LogP contribution in [0.25, 0.3) is 11.0 Å². The van der Waals surface area contributed by atoms with Gasteiger partial charge in [0.15, 0.2) is 0 Å². The highest BCUT2D eigenvalue weighted by molar-refractivity contribution is 5.92. The molecule has 1 aliphatic rings. The van der Waals surface area contributed by atoms with Crippen molar-refractivity contribution in [3.8, 4) is 0 Å². The molecule has 9 heteroatoms. The number of nitrogens with one attached hydrogen (secondary N) is 2.